The summed E-state index contributed by atoms with van der Waals surface area (Å²) in [5, 5.41) is 5.77. The number of anilines is 1. The third-order valence-corrected chi connectivity index (χ3v) is 0.989. The largest absolute Gasteiger partial charge is 0.264 e. The van der Waals surface area contributed by atoms with Gasteiger partial charge in [-0.25, -0.2) is 8.42 Å². The predicted molar refractivity (Wildman–Crippen MR) is 30.3 cm³/mol. The third kappa shape index (κ3) is 1.68. The van der Waals surface area contributed by atoms with Crippen molar-refractivity contribution in [1.82, 2.24) is 15.2 Å². The van der Waals surface area contributed by atoms with Gasteiger partial charge in [-0.2, -0.15) is 4.98 Å². The van der Waals surface area contributed by atoms with E-state index in [1.54, 1.807) is 0 Å². The molecule has 1 aromatic heterocycles. The maximum absolute atomic E-state index is 9.90. The first-order chi connectivity index (χ1) is 4.29. The van der Waals surface area contributed by atoms with E-state index < -0.39 is 10.9 Å². The molecule has 0 fully saturated rings. The molecular formula is C2H4N4O2S. The molecule has 0 amide bonds. The minimum atomic E-state index is -2.65. The van der Waals surface area contributed by atoms with Gasteiger partial charge in [0.15, 0.2) is 0 Å². The Balaban J connectivity index is 2.68. The van der Waals surface area contributed by atoms with Crippen molar-refractivity contribution in [2.24, 2.45) is 0 Å². The molecule has 6 nitrogen and oxygen atoms in total. The lowest BCUT2D eigenvalue weighted by Crippen LogP contribution is -1.96. The van der Waals surface area contributed by atoms with Gasteiger partial charge in [-0.05, 0) is 0 Å². The lowest BCUT2D eigenvalue weighted by molar-refractivity contribution is 0.618. The number of hydrogen-bond donors (Lipinski definition) is 3. The van der Waals surface area contributed by atoms with E-state index in [4.69, 9.17) is 0 Å². The summed E-state index contributed by atoms with van der Waals surface area (Å²) in [5.41, 5.74) is 0. The molecular weight excluding hydrogens is 144 g/mol. The monoisotopic (exact) mass is 148 g/mol. The van der Waals surface area contributed by atoms with Crippen LogP contribution in [0, 0.1) is 0 Å². The molecule has 0 bridgehead atoms. The summed E-state index contributed by atoms with van der Waals surface area (Å²) in [6.45, 7) is 0. The van der Waals surface area contributed by atoms with Crippen LogP contribution in [-0.4, -0.2) is 23.6 Å². The van der Waals surface area contributed by atoms with Gasteiger partial charge in [0.05, 0.1) is 0 Å². The van der Waals surface area contributed by atoms with E-state index >= 15 is 0 Å². The fraction of sp³-hybridized carbons (Fsp3) is 0. The predicted octanol–water partition coefficient (Wildman–Crippen LogP) is -1.26. The standard InChI is InChI=1S/C2H4N4O2S/c7-9(8)6-2-3-1-4-5-2/h1,9H,(H2,3,4,5,6,7,8). The molecule has 1 rings (SSSR count). The van der Waals surface area contributed by atoms with Crippen LogP contribution in [0.4, 0.5) is 5.95 Å². The van der Waals surface area contributed by atoms with Gasteiger partial charge >= 0.3 is 0 Å². The van der Waals surface area contributed by atoms with E-state index in [0.717, 1.165) is 0 Å². The van der Waals surface area contributed by atoms with Crippen LogP contribution in [0.15, 0.2) is 6.33 Å². The molecule has 9 heavy (non-hydrogen) atoms. The summed E-state index contributed by atoms with van der Waals surface area (Å²) in [6.07, 6.45) is 1.28. The van der Waals surface area contributed by atoms with E-state index in [1.165, 1.54) is 6.33 Å². The zero-order valence-electron chi connectivity index (χ0n) is 4.24. The summed E-state index contributed by atoms with van der Waals surface area (Å²) in [7, 11) is -2.65. The maximum atomic E-state index is 9.90. The smallest absolute Gasteiger partial charge is 0.255 e. The van der Waals surface area contributed by atoms with Gasteiger partial charge in [0.1, 0.15) is 6.33 Å². The Morgan fingerprint density at radius 3 is 2.89 bits per heavy atom. The highest BCUT2D eigenvalue weighted by Crippen LogP contribution is 1.88. The first-order valence-corrected chi connectivity index (χ1v) is 3.23. The van der Waals surface area contributed by atoms with Crippen LogP contribution >= 0.6 is 0 Å². The number of H-pyrrole nitrogens is 1. The molecule has 0 saturated heterocycles. The Hall–Kier alpha value is -1.11. The Labute approximate surface area is 52.4 Å². The molecule has 0 aliphatic heterocycles. The van der Waals surface area contributed by atoms with Crippen LogP contribution < -0.4 is 4.72 Å². The third-order valence-electron chi connectivity index (χ3n) is 0.606. The number of nitrogens with zero attached hydrogens (tertiary/aromatic N) is 2. The molecule has 1 heterocycles. The van der Waals surface area contributed by atoms with Gasteiger partial charge in [-0.1, -0.05) is 0 Å². The lowest BCUT2D eigenvalue weighted by atomic mass is 11.1. The van der Waals surface area contributed by atoms with Crippen molar-refractivity contribution in [3.8, 4) is 0 Å². The molecule has 0 saturated carbocycles. The molecule has 0 unspecified atom stereocenters. The molecule has 0 radical (unpaired) electrons. The Kier molecular flexibility index (Phi) is 1.63. The Bertz CT molecular complexity index is 231. The van der Waals surface area contributed by atoms with Crippen molar-refractivity contribution >= 4 is 16.8 Å². The average Bonchev–Trinajstić information content (AvgIpc) is 2.15. The van der Waals surface area contributed by atoms with Crippen molar-refractivity contribution in [2.75, 3.05) is 4.72 Å². The normalized spacial score (nSPS) is 9.89. The fourth-order valence-corrected chi connectivity index (χ4v) is 0.615. The van der Waals surface area contributed by atoms with Crippen LogP contribution in [0.25, 0.3) is 0 Å². The van der Waals surface area contributed by atoms with E-state index in [2.05, 4.69) is 15.2 Å². The fourth-order valence-electron chi connectivity index (χ4n) is 0.344. The van der Waals surface area contributed by atoms with Gasteiger partial charge in [-0.15, -0.1) is 5.10 Å². The van der Waals surface area contributed by atoms with Crippen molar-refractivity contribution in [2.45, 2.75) is 0 Å². The van der Waals surface area contributed by atoms with Crippen molar-refractivity contribution < 1.29 is 8.42 Å². The second kappa shape index (κ2) is 2.44. The van der Waals surface area contributed by atoms with E-state index in [1.807, 2.05) is 4.72 Å². The van der Waals surface area contributed by atoms with E-state index in [9.17, 15) is 8.42 Å². The molecule has 7 heteroatoms. The molecule has 0 atom stereocenters. The van der Waals surface area contributed by atoms with Gasteiger partial charge in [-0.3, -0.25) is 9.82 Å². The van der Waals surface area contributed by atoms with Crippen molar-refractivity contribution in [1.29, 1.82) is 0 Å². The summed E-state index contributed by atoms with van der Waals surface area (Å²) in [4.78, 5) is 3.49. The second-order valence-electron chi connectivity index (χ2n) is 1.19. The Morgan fingerprint density at radius 1 is 1.67 bits per heavy atom. The highest BCUT2D eigenvalue weighted by Gasteiger charge is 1.91. The number of nitrogens with one attached hydrogen (secondary N) is 2. The first kappa shape index (κ1) is 6.02. The van der Waals surface area contributed by atoms with Crippen LogP contribution in [0.5, 0.6) is 0 Å². The highest BCUT2D eigenvalue weighted by atomic mass is 32.2. The first-order valence-electron chi connectivity index (χ1n) is 2.06. The summed E-state index contributed by atoms with van der Waals surface area (Å²) in [5.74, 6) is 0.0612. The zero-order chi connectivity index (χ0) is 6.69. The molecule has 0 aliphatic rings. The quantitative estimate of drug-likeness (QED) is 0.457. The zero-order valence-corrected chi connectivity index (χ0v) is 5.13. The minimum Gasteiger partial charge on any atom is -0.264 e. The van der Waals surface area contributed by atoms with Gasteiger partial charge in [0.25, 0.3) is 5.95 Å². The maximum Gasteiger partial charge on any atom is 0.255 e. The topological polar surface area (TPSA) is 87.7 Å². The Morgan fingerprint density at radius 2 is 2.44 bits per heavy atom. The highest BCUT2D eigenvalue weighted by molar-refractivity contribution is 7.73. The van der Waals surface area contributed by atoms with Gasteiger partial charge in [0, 0.05) is 0 Å². The average molecular weight is 148 g/mol. The SMILES string of the molecule is O=[SH](=O)Nc1nc[nH]n1. The van der Waals surface area contributed by atoms with E-state index in [-0.39, 0.29) is 5.95 Å². The number of aromatic amines is 1. The number of hydrogen-bond acceptors (Lipinski definition) is 4. The summed E-state index contributed by atoms with van der Waals surface area (Å²) in [6, 6.07) is 0. The van der Waals surface area contributed by atoms with Crippen LogP contribution in [-0.2, 0) is 10.9 Å². The number of thiol groups is 1. The van der Waals surface area contributed by atoms with Crippen LogP contribution in [0.1, 0.15) is 0 Å². The van der Waals surface area contributed by atoms with E-state index in [0.29, 0.717) is 0 Å². The molecule has 0 spiro atoms. The van der Waals surface area contributed by atoms with Crippen LogP contribution in [0.3, 0.4) is 0 Å². The molecule has 1 aromatic rings. The molecule has 0 aromatic carbocycles. The molecule has 0 aliphatic carbocycles. The van der Waals surface area contributed by atoms with Crippen molar-refractivity contribution in [3.05, 3.63) is 6.33 Å². The summed E-state index contributed by atoms with van der Waals surface area (Å²) < 4.78 is 21.8. The molecule has 2 N–H and O–H groups in total. The number of aromatic nitrogens is 3. The molecule has 50 valence electrons. The van der Waals surface area contributed by atoms with Crippen LogP contribution in [0.2, 0.25) is 0 Å². The number of rotatable bonds is 2. The second-order valence-corrected chi connectivity index (χ2v) is 1.93. The minimum absolute atomic E-state index is 0.0612. The van der Waals surface area contributed by atoms with Gasteiger partial charge < -0.3 is 0 Å². The van der Waals surface area contributed by atoms with Gasteiger partial charge in [0.2, 0.25) is 10.9 Å². The summed E-state index contributed by atoms with van der Waals surface area (Å²) >= 11 is 0. The van der Waals surface area contributed by atoms with Crippen molar-refractivity contribution in [3.63, 3.8) is 0 Å². The lowest BCUT2D eigenvalue weighted by Gasteiger charge is -1.83.